The number of nitrogens with zero attached hydrogens (tertiary/aromatic N) is 2. The van der Waals surface area contributed by atoms with Crippen LogP contribution in [-0.2, 0) is 19.4 Å². The number of aromatic nitrogens is 1. The average molecular weight is 374 g/mol. The molecule has 3 rings (SSSR count). The van der Waals surface area contributed by atoms with Gasteiger partial charge in [-0.2, -0.15) is 0 Å². The van der Waals surface area contributed by atoms with Crippen molar-refractivity contribution in [2.24, 2.45) is 0 Å². The molecule has 0 aromatic carbocycles. The maximum atomic E-state index is 12.4. The molecule has 3 heterocycles. The molecule has 1 aromatic heterocycles. The molecule has 0 N–H and O–H groups in total. The topological polar surface area (TPSA) is 107 Å². The first-order valence-electron chi connectivity index (χ1n) is 6.53. The summed E-state index contributed by atoms with van der Waals surface area (Å²) in [7, 11) is -3.71. The Balaban J connectivity index is 0.00000208. The molecule has 0 saturated carbocycles. The number of carboxylic acids is 1. The summed E-state index contributed by atoms with van der Waals surface area (Å²) in [4.78, 5) is 28.5. The number of aliphatic carboxylic acids is 1. The Kier molecular flexibility index (Phi) is 5.61. The van der Waals surface area contributed by atoms with Crippen LogP contribution in [0.3, 0.4) is 0 Å². The Labute approximate surface area is 165 Å². The molecule has 0 radical (unpaired) electrons. The van der Waals surface area contributed by atoms with E-state index in [9.17, 15) is 23.1 Å². The fraction of sp³-hybridized carbons (Fsp3) is 0.214. The van der Waals surface area contributed by atoms with E-state index in [4.69, 9.17) is 0 Å². The fourth-order valence-corrected chi connectivity index (χ4v) is 5.66. The Bertz CT molecular complexity index is 864. The second kappa shape index (κ2) is 7.01. The number of pyridine rings is 1. The number of thioether (sulfide) groups is 1. The molecular weight excluding hydrogens is 363 g/mol. The van der Waals surface area contributed by atoms with Gasteiger partial charge in [-0.3, -0.25) is 14.7 Å². The second-order valence-corrected chi connectivity index (χ2v) is 7.91. The zero-order chi connectivity index (χ0) is 16.8. The summed E-state index contributed by atoms with van der Waals surface area (Å²) in [6.45, 7) is 0. The Morgan fingerprint density at radius 3 is 2.71 bits per heavy atom. The molecule has 1 fully saturated rings. The summed E-state index contributed by atoms with van der Waals surface area (Å²) in [6.07, 6.45) is 4.45. The second-order valence-electron chi connectivity index (χ2n) is 4.95. The average Bonchev–Trinajstić information content (AvgIpc) is 2.51. The molecule has 7 nitrogen and oxygen atoms in total. The number of rotatable bonds is 3. The minimum absolute atomic E-state index is 0. The van der Waals surface area contributed by atoms with Gasteiger partial charge in [-0.15, -0.1) is 11.8 Å². The fourth-order valence-electron chi connectivity index (χ4n) is 2.58. The molecule has 2 aliphatic rings. The van der Waals surface area contributed by atoms with Crippen molar-refractivity contribution < 1.29 is 52.7 Å². The Morgan fingerprint density at radius 2 is 2.17 bits per heavy atom. The van der Waals surface area contributed by atoms with Crippen molar-refractivity contribution in [2.45, 2.75) is 5.37 Å². The van der Waals surface area contributed by atoms with E-state index in [1.54, 1.807) is 24.5 Å². The van der Waals surface area contributed by atoms with Gasteiger partial charge in [0.2, 0.25) is 0 Å². The van der Waals surface area contributed by atoms with E-state index < -0.39 is 32.8 Å². The van der Waals surface area contributed by atoms with Gasteiger partial charge in [0, 0.05) is 11.1 Å². The number of sulfone groups is 1. The minimum atomic E-state index is -3.71. The van der Waals surface area contributed by atoms with Crippen LogP contribution in [0.15, 0.2) is 40.6 Å². The van der Waals surface area contributed by atoms with Crippen LogP contribution >= 0.6 is 11.8 Å². The molecule has 1 aromatic rings. The summed E-state index contributed by atoms with van der Waals surface area (Å²) < 4.78 is 24.8. The molecule has 1 saturated heterocycles. The monoisotopic (exact) mass is 374 g/mol. The first-order chi connectivity index (χ1) is 10.9. The van der Waals surface area contributed by atoms with Gasteiger partial charge in [-0.05, 0) is 24.5 Å². The SMILES string of the molecule is CSC1=C(C(=O)[O-])N2C(=O)/C(=C/c3ccccn3)[C@H]2S(=O)(=O)C1.[Na+]. The van der Waals surface area contributed by atoms with Crippen LogP contribution < -0.4 is 34.7 Å². The number of β-lactam (4-membered cyclic amide) rings is 1. The van der Waals surface area contributed by atoms with Gasteiger partial charge in [0.1, 0.15) is 0 Å². The summed E-state index contributed by atoms with van der Waals surface area (Å²) in [5.41, 5.74) is 0.0865. The molecule has 0 bridgehead atoms. The molecule has 0 spiro atoms. The van der Waals surface area contributed by atoms with Crippen LogP contribution in [0, 0.1) is 0 Å². The van der Waals surface area contributed by atoms with Crippen LogP contribution in [0.1, 0.15) is 5.69 Å². The van der Waals surface area contributed by atoms with Crippen LogP contribution in [0.5, 0.6) is 0 Å². The third-order valence-corrected chi connectivity index (χ3v) is 6.42. The molecule has 2 aliphatic heterocycles. The van der Waals surface area contributed by atoms with E-state index in [1.807, 2.05) is 0 Å². The number of carboxylic acid groups (broad SMARTS) is 1. The summed E-state index contributed by atoms with van der Waals surface area (Å²) in [5, 5.41) is 10.0. The van der Waals surface area contributed by atoms with Crippen molar-refractivity contribution in [3.63, 3.8) is 0 Å². The number of fused-ring (bicyclic) bond motifs is 1. The van der Waals surface area contributed by atoms with Crippen LogP contribution in [0.4, 0.5) is 0 Å². The van der Waals surface area contributed by atoms with Crippen molar-refractivity contribution in [1.29, 1.82) is 0 Å². The first-order valence-corrected chi connectivity index (χ1v) is 9.47. The van der Waals surface area contributed by atoms with Crippen LogP contribution in [0.2, 0.25) is 0 Å². The number of carbonyl (C=O) groups is 2. The Hall–Kier alpha value is -1.13. The zero-order valence-electron chi connectivity index (χ0n) is 12.9. The summed E-state index contributed by atoms with van der Waals surface area (Å²) >= 11 is 0.985. The largest absolute Gasteiger partial charge is 1.00 e. The predicted molar refractivity (Wildman–Crippen MR) is 82.2 cm³/mol. The maximum Gasteiger partial charge on any atom is 1.00 e. The number of hydrogen-bond donors (Lipinski definition) is 0. The molecule has 24 heavy (non-hydrogen) atoms. The predicted octanol–water partition coefficient (Wildman–Crippen LogP) is -3.61. The summed E-state index contributed by atoms with van der Waals surface area (Å²) in [6, 6.07) is 5.02. The first kappa shape index (κ1) is 19.2. The van der Waals surface area contributed by atoms with Gasteiger partial charge in [0.25, 0.3) is 5.91 Å². The normalized spacial score (nSPS) is 23.4. The quantitative estimate of drug-likeness (QED) is 0.305. The molecule has 1 amide bonds. The van der Waals surface area contributed by atoms with E-state index in [0.717, 1.165) is 16.7 Å². The molecule has 0 unspecified atom stereocenters. The van der Waals surface area contributed by atoms with Crippen molar-refractivity contribution in [3.8, 4) is 0 Å². The van der Waals surface area contributed by atoms with Crippen molar-refractivity contribution in [1.82, 2.24) is 9.88 Å². The van der Waals surface area contributed by atoms with Crippen molar-refractivity contribution >= 4 is 39.6 Å². The van der Waals surface area contributed by atoms with Gasteiger partial charge in [-0.25, -0.2) is 8.42 Å². The maximum absolute atomic E-state index is 12.4. The van der Waals surface area contributed by atoms with Crippen molar-refractivity contribution in [3.05, 3.63) is 46.3 Å². The van der Waals surface area contributed by atoms with E-state index in [1.165, 1.54) is 12.3 Å². The third kappa shape index (κ3) is 3.06. The van der Waals surface area contributed by atoms with E-state index in [0.29, 0.717) is 5.69 Å². The molecule has 0 aliphatic carbocycles. The number of carbonyl (C=O) groups excluding carboxylic acids is 2. The number of hydrogen-bond acceptors (Lipinski definition) is 7. The van der Waals surface area contributed by atoms with E-state index >= 15 is 0 Å². The van der Waals surface area contributed by atoms with Gasteiger partial charge in [0.05, 0.1) is 28.7 Å². The Morgan fingerprint density at radius 1 is 1.46 bits per heavy atom. The van der Waals surface area contributed by atoms with E-state index in [-0.39, 0.29) is 45.7 Å². The molecule has 120 valence electrons. The third-order valence-electron chi connectivity index (χ3n) is 3.57. The number of amides is 1. The molecule has 10 heteroatoms. The van der Waals surface area contributed by atoms with E-state index in [2.05, 4.69) is 4.98 Å². The van der Waals surface area contributed by atoms with Gasteiger partial charge in [-0.1, -0.05) is 6.07 Å². The summed E-state index contributed by atoms with van der Waals surface area (Å²) in [5.74, 6) is -2.64. The smallest absolute Gasteiger partial charge is 0.543 e. The van der Waals surface area contributed by atoms with Crippen LogP contribution in [0.25, 0.3) is 6.08 Å². The zero-order valence-corrected chi connectivity index (χ0v) is 16.6. The molecule has 1 atom stereocenters. The van der Waals surface area contributed by atoms with Gasteiger partial charge in [0.15, 0.2) is 15.2 Å². The van der Waals surface area contributed by atoms with Crippen molar-refractivity contribution in [2.75, 3.05) is 12.0 Å². The van der Waals surface area contributed by atoms with Gasteiger partial charge < -0.3 is 9.90 Å². The standard InChI is InChI=1S/C14H12N2O5S2.Na/c1-22-10-7-23(20,21)13-9(6-8-4-2-3-5-15-8)12(17)16(13)11(10)14(18)19;/h2-6,13H,7H2,1H3,(H,18,19);/q;+1/p-1/b9-6-;/t13-;/m1./s1. The van der Waals surface area contributed by atoms with Gasteiger partial charge >= 0.3 is 29.6 Å². The molecular formula is C14H11N2NaO5S2. The minimum Gasteiger partial charge on any atom is -0.543 e. The van der Waals surface area contributed by atoms with Crippen LogP contribution in [-0.4, -0.2) is 47.6 Å².